The zero-order valence-corrected chi connectivity index (χ0v) is 6.61. The molecule has 0 spiro atoms. The van der Waals surface area contributed by atoms with Crippen molar-refractivity contribution in [2.75, 3.05) is 6.26 Å². The zero-order chi connectivity index (χ0) is 7.61. The number of allylic oxidation sites excluding steroid dienone is 4. The van der Waals surface area contributed by atoms with Crippen LogP contribution in [0.1, 0.15) is 12.8 Å². The summed E-state index contributed by atoms with van der Waals surface area (Å²) in [5.74, 6) is 0. The molecule has 0 saturated heterocycles. The molecule has 0 amide bonds. The molecule has 1 aliphatic carbocycles. The van der Waals surface area contributed by atoms with Crippen molar-refractivity contribution in [3.8, 4) is 0 Å². The predicted molar refractivity (Wildman–Crippen MR) is 40.0 cm³/mol. The van der Waals surface area contributed by atoms with Crippen molar-refractivity contribution in [2.24, 2.45) is 0 Å². The van der Waals surface area contributed by atoms with E-state index in [2.05, 4.69) is 6.08 Å². The van der Waals surface area contributed by atoms with Gasteiger partial charge in [-0.05, 0) is 25.0 Å². The summed E-state index contributed by atoms with van der Waals surface area (Å²) in [7, 11) is -2.95. The summed E-state index contributed by atoms with van der Waals surface area (Å²) in [5, 5.41) is 0. The van der Waals surface area contributed by atoms with Crippen LogP contribution in [0.15, 0.2) is 17.1 Å². The summed E-state index contributed by atoms with van der Waals surface area (Å²) >= 11 is 0. The van der Waals surface area contributed by atoms with Crippen LogP contribution in [0.5, 0.6) is 0 Å². The second kappa shape index (κ2) is 2.58. The first-order valence-electron chi connectivity index (χ1n) is 3.07. The van der Waals surface area contributed by atoms with E-state index in [4.69, 9.17) is 0 Å². The van der Waals surface area contributed by atoms with Crippen molar-refractivity contribution >= 4 is 9.84 Å². The van der Waals surface area contributed by atoms with Gasteiger partial charge in [0.15, 0.2) is 9.84 Å². The molecule has 0 bridgehead atoms. The van der Waals surface area contributed by atoms with Crippen molar-refractivity contribution in [3.63, 3.8) is 0 Å². The Morgan fingerprint density at radius 2 is 2.30 bits per heavy atom. The molecule has 1 aliphatic rings. The molecule has 0 aliphatic heterocycles. The van der Waals surface area contributed by atoms with Crippen LogP contribution in [0, 0.1) is 6.08 Å². The maximum Gasteiger partial charge on any atom is 0.171 e. The van der Waals surface area contributed by atoms with E-state index < -0.39 is 9.84 Å². The molecule has 2 nitrogen and oxygen atoms in total. The molecule has 0 unspecified atom stereocenters. The number of rotatable bonds is 1. The van der Waals surface area contributed by atoms with E-state index in [1.165, 1.54) is 6.26 Å². The van der Waals surface area contributed by atoms with Crippen LogP contribution in [0.2, 0.25) is 0 Å². The van der Waals surface area contributed by atoms with Gasteiger partial charge in [-0.2, -0.15) is 0 Å². The topological polar surface area (TPSA) is 34.1 Å². The second-order valence-electron chi connectivity index (χ2n) is 2.29. The lowest BCUT2D eigenvalue weighted by atomic mass is 10.2. The third kappa shape index (κ3) is 1.70. The summed E-state index contributed by atoms with van der Waals surface area (Å²) < 4.78 is 21.7. The summed E-state index contributed by atoms with van der Waals surface area (Å²) in [4.78, 5) is 0.495. The molecule has 0 aromatic carbocycles. The standard InChI is InChI=1S/C7H9O2S/c1-10(8,9)7-5-3-2-4-6-7/h2,6H,3,5H2,1H3. The van der Waals surface area contributed by atoms with Gasteiger partial charge in [0.25, 0.3) is 0 Å². The smallest absolute Gasteiger partial charge is 0.171 e. The maximum absolute atomic E-state index is 10.9. The summed E-state index contributed by atoms with van der Waals surface area (Å²) in [6.07, 6.45) is 8.81. The monoisotopic (exact) mass is 157 g/mol. The molecule has 0 heterocycles. The molecule has 0 aromatic rings. The van der Waals surface area contributed by atoms with Gasteiger partial charge in [0, 0.05) is 11.2 Å². The molecule has 10 heavy (non-hydrogen) atoms. The molecular weight excluding hydrogens is 148 g/mol. The highest BCUT2D eigenvalue weighted by Gasteiger charge is 2.10. The average Bonchev–Trinajstić information content (AvgIpc) is 1.88. The number of hydrogen-bond donors (Lipinski definition) is 0. The molecule has 0 atom stereocenters. The fourth-order valence-corrected chi connectivity index (χ4v) is 1.58. The lowest BCUT2D eigenvalue weighted by Crippen LogP contribution is -2.01. The Morgan fingerprint density at radius 3 is 2.60 bits per heavy atom. The van der Waals surface area contributed by atoms with Crippen molar-refractivity contribution < 1.29 is 8.42 Å². The Labute approximate surface area is 61.2 Å². The molecule has 0 fully saturated rings. The van der Waals surface area contributed by atoms with Crippen LogP contribution >= 0.6 is 0 Å². The van der Waals surface area contributed by atoms with Gasteiger partial charge in [-0.25, -0.2) is 8.42 Å². The van der Waals surface area contributed by atoms with E-state index in [1.807, 2.05) is 6.08 Å². The summed E-state index contributed by atoms with van der Waals surface area (Å²) in [6, 6.07) is 0. The Balaban J connectivity index is 2.93. The Hall–Kier alpha value is -0.570. The van der Waals surface area contributed by atoms with E-state index in [1.54, 1.807) is 6.08 Å². The van der Waals surface area contributed by atoms with E-state index in [0.717, 1.165) is 6.42 Å². The lowest BCUT2D eigenvalue weighted by molar-refractivity contribution is 0.605. The van der Waals surface area contributed by atoms with E-state index in [0.29, 0.717) is 11.3 Å². The fourth-order valence-electron chi connectivity index (χ4n) is 0.814. The van der Waals surface area contributed by atoms with Crippen LogP contribution in [-0.2, 0) is 9.84 Å². The van der Waals surface area contributed by atoms with Gasteiger partial charge in [0.1, 0.15) is 0 Å². The van der Waals surface area contributed by atoms with Gasteiger partial charge < -0.3 is 0 Å². The SMILES string of the molecule is CS(=O)(=O)C1=C[C]=CCC1. The zero-order valence-electron chi connectivity index (χ0n) is 5.79. The minimum absolute atomic E-state index is 0.495. The van der Waals surface area contributed by atoms with Gasteiger partial charge in [-0.1, -0.05) is 6.08 Å². The first-order chi connectivity index (χ1) is 4.61. The van der Waals surface area contributed by atoms with E-state index in [-0.39, 0.29) is 0 Å². The quantitative estimate of drug-likeness (QED) is 0.570. The minimum Gasteiger partial charge on any atom is -0.224 e. The number of sulfone groups is 1. The largest absolute Gasteiger partial charge is 0.224 e. The van der Waals surface area contributed by atoms with Crippen LogP contribution in [-0.4, -0.2) is 14.7 Å². The molecule has 1 radical (unpaired) electrons. The van der Waals surface area contributed by atoms with Crippen LogP contribution in [0.4, 0.5) is 0 Å². The third-order valence-corrected chi connectivity index (χ3v) is 2.65. The van der Waals surface area contributed by atoms with E-state index >= 15 is 0 Å². The third-order valence-electron chi connectivity index (χ3n) is 1.37. The fraction of sp³-hybridized carbons (Fsp3) is 0.429. The molecule has 0 N–H and O–H groups in total. The first kappa shape index (κ1) is 7.54. The highest BCUT2D eigenvalue weighted by atomic mass is 32.2. The summed E-state index contributed by atoms with van der Waals surface area (Å²) in [6.45, 7) is 0. The van der Waals surface area contributed by atoms with Gasteiger partial charge >= 0.3 is 0 Å². The molecule has 0 saturated carbocycles. The van der Waals surface area contributed by atoms with E-state index in [9.17, 15) is 8.42 Å². The van der Waals surface area contributed by atoms with Crippen molar-refractivity contribution in [3.05, 3.63) is 23.1 Å². The van der Waals surface area contributed by atoms with Crippen molar-refractivity contribution in [2.45, 2.75) is 12.8 Å². The molecule has 55 valence electrons. The van der Waals surface area contributed by atoms with Crippen LogP contribution < -0.4 is 0 Å². The molecular formula is C7H9O2S. The molecule has 1 rings (SSSR count). The van der Waals surface area contributed by atoms with Crippen molar-refractivity contribution in [1.82, 2.24) is 0 Å². The Bertz CT molecular complexity index is 270. The van der Waals surface area contributed by atoms with Crippen LogP contribution in [0.3, 0.4) is 0 Å². The lowest BCUT2D eigenvalue weighted by Gasteiger charge is -2.04. The predicted octanol–water partition coefficient (Wildman–Crippen LogP) is 1.07. The van der Waals surface area contributed by atoms with Gasteiger partial charge in [0.2, 0.25) is 0 Å². The van der Waals surface area contributed by atoms with Gasteiger partial charge in [-0.15, -0.1) is 0 Å². The minimum atomic E-state index is -2.95. The first-order valence-corrected chi connectivity index (χ1v) is 4.96. The molecule has 0 aromatic heterocycles. The highest BCUT2D eigenvalue weighted by molar-refractivity contribution is 7.94. The Kier molecular flexibility index (Phi) is 1.94. The number of hydrogen-bond acceptors (Lipinski definition) is 2. The molecule has 3 heteroatoms. The average molecular weight is 157 g/mol. The highest BCUT2D eigenvalue weighted by Crippen LogP contribution is 2.15. The van der Waals surface area contributed by atoms with Gasteiger partial charge in [-0.3, -0.25) is 0 Å². The maximum atomic E-state index is 10.9. The summed E-state index contributed by atoms with van der Waals surface area (Å²) in [5.41, 5.74) is 0. The second-order valence-corrected chi connectivity index (χ2v) is 4.36. The normalized spacial score (nSPS) is 18.7. The van der Waals surface area contributed by atoms with Crippen LogP contribution in [0.25, 0.3) is 0 Å². The van der Waals surface area contributed by atoms with Gasteiger partial charge in [0.05, 0.1) is 0 Å². The Morgan fingerprint density at radius 1 is 1.60 bits per heavy atom. The van der Waals surface area contributed by atoms with Crippen molar-refractivity contribution in [1.29, 1.82) is 0 Å².